The number of hydrogen-bond donors (Lipinski definition) is 4. The van der Waals surface area contributed by atoms with Crippen LogP contribution in [0.3, 0.4) is 0 Å². The summed E-state index contributed by atoms with van der Waals surface area (Å²) in [6, 6.07) is 0. The number of hydrogen-bond acceptors (Lipinski definition) is 6. The normalized spacial score (nSPS) is 15.8. The highest BCUT2D eigenvalue weighted by Gasteiger charge is 2.18. The minimum atomic E-state index is -4.64. The molecule has 0 aromatic heterocycles. The summed E-state index contributed by atoms with van der Waals surface area (Å²) >= 11 is 0. The lowest BCUT2D eigenvalue weighted by Crippen LogP contribution is -2.27. The van der Waals surface area contributed by atoms with Gasteiger partial charge >= 0.3 is 13.8 Å². The van der Waals surface area contributed by atoms with Gasteiger partial charge in [0.25, 0.3) is 0 Å². The van der Waals surface area contributed by atoms with Crippen molar-refractivity contribution in [1.29, 1.82) is 0 Å². The second kappa shape index (κ2) is 6.16. The molecule has 0 aliphatic rings. The highest BCUT2D eigenvalue weighted by atomic mass is 31.2. The Balaban J connectivity index is 3.71. The van der Waals surface area contributed by atoms with E-state index >= 15 is 0 Å². The number of phosphoric acid groups is 1. The lowest BCUT2D eigenvalue weighted by Gasteiger charge is -2.12. The van der Waals surface area contributed by atoms with Crippen molar-refractivity contribution in [1.82, 2.24) is 0 Å². The SMILES string of the molecule is CC(O)C(=O)OCC(O)COP(=O)(O)O. The molecule has 0 aliphatic heterocycles. The van der Waals surface area contributed by atoms with E-state index in [1.54, 1.807) is 0 Å². The maximum Gasteiger partial charge on any atom is 0.469 e. The molecule has 90 valence electrons. The average molecular weight is 244 g/mol. The summed E-state index contributed by atoms with van der Waals surface area (Å²) in [5.41, 5.74) is 0. The third-order valence-electron chi connectivity index (χ3n) is 1.19. The first-order valence-corrected chi connectivity index (χ1v) is 5.48. The highest BCUT2D eigenvalue weighted by molar-refractivity contribution is 7.46. The number of ether oxygens (including phenoxy) is 1. The predicted molar refractivity (Wildman–Crippen MR) is 46.6 cm³/mol. The maximum atomic E-state index is 10.7. The van der Waals surface area contributed by atoms with Crippen molar-refractivity contribution < 1.29 is 38.6 Å². The molecule has 0 rings (SSSR count). The summed E-state index contributed by atoms with van der Waals surface area (Å²) in [6.45, 7) is 0.00194. The van der Waals surface area contributed by atoms with Crippen molar-refractivity contribution in [2.24, 2.45) is 0 Å². The summed E-state index contributed by atoms with van der Waals surface area (Å²) in [6.07, 6.45) is -2.68. The standard InChI is InChI=1S/C6H13O8P/c1-4(7)6(9)13-2-5(8)3-14-15(10,11)12/h4-5,7-8H,2-3H2,1H3,(H2,10,11,12). The fraction of sp³-hybridized carbons (Fsp3) is 0.833. The Hall–Kier alpha value is -0.500. The van der Waals surface area contributed by atoms with Crippen LogP contribution in [0.15, 0.2) is 0 Å². The minimum absolute atomic E-state index is 0.510. The molecular formula is C6H13O8P. The van der Waals surface area contributed by atoms with Crippen LogP contribution in [0.25, 0.3) is 0 Å². The van der Waals surface area contributed by atoms with Crippen LogP contribution in [0.4, 0.5) is 0 Å². The van der Waals surface area contributed by atoms with Gasteiger partial charge < -0.3 is 24.7 Å². The first-order valence-electron chi connectivity index (χ1n) is 3.95. The monoisotopic (exact) mass is 244 g/mol. The maximum absolute atomic E-state index is 10.7. The Morgan fingerprint density at radius 3 is 2.27 bits per heavy atom. The van der Waals surface area contributed by atoms with Crippen LogP contribution in [0.1, 0.15) is 6.92 Å². The van der Waals surface area contributed by atoms with E-state index < -0.39 is 39.2 Å². The Morgan fingerprint density at radius 2 is 1.87 bits per heavy atom. The largest absolute Gasteiger partial charge is 0.469 e. The van der Waals surface area contributed by atoms with Crippen LogP contribution < -0.4 is 0 Å². The van der Waals surface area contributed by atoms with Gasteiger partial charge in [-0.15, -0.1) is 0 Å². The highest BCUT2D eigenvalue weighted by Crippen LogP contribution is 2.35. The van der Waals surface area contributed by atoms with Crippen LogP contribution in [0.5, 0.6) is 0 Å². The molecule has 0 radical (unpaired) electrons. The molecule has 8 nitrogen and oxygen atoms in total. The number of esters is 1. The van der Waals surface area contributed by atoms with Crippen LogP contribution in [0.2, 0.25) is 0 Å². The Morgan fingerprint density at radius 1 is 1.33 bits per heavy atom. The van der Waals surface area contributed by atoms with E-state index in [1.807, 2.05) is 0 Å². The third-order valence-corrected chi connectivity index (χ3v) is 1.68. The molecule has 4 N–H and O–H groups in total. The molecule has 0 heterocycles. The Kier molecular flexibility index (Phi) is 5.96. The van der Waals surface area contributed by atoms with Gasteiger partial charge in [0.05, 0.1) is 6.61 Å². The molecule has 0 spiro atoms. The fourth-order valence-corrected chi connectivity index (χ4v) is 0.896. The van der Waals surface area contributed by atoms with Gasteiger partial charge in [0.2, 0.25) is 0 Å². The molecule has 0 saturated carbocycles. The molecule has 0 fully saturated rings. The molecule has 0 bridgehead atoms. The van der Waals surface area contributed by atoms with E-state index in [9.17, 15) is 9.36 Å². The second-order valence-electron chi connectivity index (χ2n) is 2.75. The van der Waals surface area contributed by atoms with Crippen LogP contribution in [0, 0.1) is 0 Å². The van der Waals surface area contributed by atoms with Crippen LogP contribution in [-0.4, -0.2) is 51.4 Å². The van der Waals surface area contributed by atoms with Gasteiger partial charge in [0.15, 0.2) is 0 Å². The zero-order valence-electron chi connectivity index (χ0n) is 7.94. The van der Waals surface area contributed by atoms with E-state index in [1.165, 1.54) is 6.92 Å². The van der Waals surface area contributed by atoms with Gasteiger partial charge in [-0.2, -0.15) is 0 Å². The van der Waals surface area contributed by atoms with Crippen molar-refractivity contribution in [3.8, 4) is 0 Å². The second-order valence-corrected chi connectivity index (χ2v) is 3.99. The molecule has 0 aliphatic carbocycles. The molecular weight excluding hydrogens is 231 g/mol. The molecule has 15 heavy (non-hydrogen) atoms. The molecule has 0 aromatic carbocycles. The van der Waals surface area contributed by atoms with Crippen molar-refractivity contribution in [3.63, 3.8) is 0 Å². The molecule has 0 aromatic rings. The van der Waals surface area contributed by atoms with Crippen molar-refractivity contribution in [2.75, 3.05) is 13.2 Å². The van der Waals surface area contributed by atoms with Crippen LogP contribution >= 0.6 is 7.82 Å². The van der Waals surface area contributed by atoms with Crippen molar-refractivity contribution in [2.45, 2.75) is 19.1 Å². The third kappa shape index (κ3) is 8.49. The first-order chi connectivity index (χ1) is 6.72. The van der Waals surface area contributed by atoms with Gasteiger partial charge in [-0.05, 0) is 6.92 Å². The number of aliphatic hydroxyl groups is 2. The van der Waals surface area contributed by atoms with E-state index in [0.717, 1.165) is 0 Å². The summed E-state index contributed by atoms with van der Waals surface area (Å²) in [7, 11) is -4.64. The number of phosphoric ester groups is 1. The van der Waals surface area contributed by atoms with Crippen LogP contribution in [-0.2, 0) is 18.6 Å². The smallest absolute Gasteiger partial charge is 0.461 e. The summed E-state index contributed by atoms with van der Waals surface area (Å²) < 4.78 is 18.5. The topological polar surface area (TPSA) is 134 Å². The zero-order valence-corrected chi connectivity index (χ0v) is 8.83. The van der Waals surface area contributed by atoms with Crippen molar-refractivity contribution >= 4 is 13.8 Å². The first kappa shape index (κ1) is 14.5. The van der Waals surface area contributed by atoms with E-state index in [4.69, 9.17) is 20.0 Å². The Labute approximate surface area is 85.7 Å². The Bertz CT molecular complexity index is 246. The lowest BCUT2D eigenvalue weighted by molar-refractivity contribution is -0.156. The van der Waals surface area contributed by atoms with Gasteiger partial charge in [-0.25, -0.2) is 9.36 Å². The molecule has 0 saturated heterocycles. The van der Waals surface area contributed by atoms with Crippen molar-refractivity contribution in [3.05, 3.63) is 0 Å². The predicted octanol–water partition coefficient (Wildman–Crippen LogP) is -1.62. The average Bonchev–Trinajstić information content (AvgIpc) is 2.09. The minimum Gasteiger partial charge on any atom is -0.461 e. The zero-order chi connectivity index (χ0) is 12.1. The summed E-state index contributed by atoms with van der Waals surface area (Å²) in [5.74, 6) is -0.940. The number of carbonyl (C=O) groups is 1. The molecule has 9 heteroatoms. The quantitative estimate of drug-likeness (QED) is 0.323. The number of rotatable bonds is 6. The van der Waals surface area contributed by atoms with E-state index in [-0.39, 0.29) is 0 Å². The van der Waals surface area contributed by atoms with Gasteiger partial charge in [0.1, 0.15) is 18.8 Å². The summed E-state index contributed by atoms with van der Waals surface area (Å²) in [4.78, 5) is 27.2. The summed E-state index contributed by atoms with van der Waals surface area (Å²) in [5, 5.41) is 17.7. The van der Waals surface area contributed by atoms with E-state index in [2.05, 4.69) is 9.26 Å². The molecule has 2 unspecified atom stereocenters. The van der Waals surface area contributed by atoms with Gasteiger partial charge in [-0.3, -0.25) is 4.52 Å². The number of carbonyl (C=O) groups excluding carboxylic acids is 1. The fourth-order valence-electron chi connectivity index (χ4n) is 0.530. The van der Waals surface area contributed by atoms with E-state index in [0.29, 0.717) is 0 Å². The van der Waals surface area contributed by atoms with Gasteiger partial charge in [-0.1, -0.05) is 0 Å². The number of aliphatic hydroxyl groups excluding tert-OH is 2. The van der Waals surface area contributed by atoms with Gasteiger partial charge in [0, 0.05) is 0 Å². The lowest BCUT2D eigenvalue weighted by atomic mass is 10.4. The molecule has 0 amide bonds. The molecule has 2 atom stereocenters.